The summed E-state index contributed by atoms with van der Waals surface area (Å²) >= 11 is 0. The zero-order valence-corrected chi connectivity index (χ0v) is 14.4. The van der Waals surface area contributed by atoms with E-state index >= 15 is 0 Å². The minimum absolute atomic E-state index is 0.0257. The van der Waals surface area contributed by atoms with Crippen LogP contribution in [0.15, 0.2) is 24.3 Å². The molecule has 1 aliphatic heterocycles. The number of rotatable bonds is 4. The molecule has 0 spiro atoms. The number of hydrogen-bond donors (Lipinski definition) is 1. The van der Waals surface area contributed by atoms with Crippen molar-refractivity contribution in [3.8, 4) is 0 Å². The summed E-state index contributed by atoms with van der Waals surface area (Å²) in [5, 5.41) is 9.22. The number of ketones is 1. The highest BCUT2D eigenvalue weighted by Gasteiger charge is 2.66. The quantitative estimate of drug-likeness (QED) is 0.850. The van der Waals surface area contributed by atoms with Crippen LogP contribution in [-0.4, -0.2) is 40.8 Å². The van der Waals surface area contributed by atoms with E-state index in [1.54, 1.807) is 18.7 Å². The number of likely N-dealkylation sites (tertiary alicyclic amines) is 1. The largest absolute Gasteiger partial charge is 0.481 e. The molecule has 1 N–H and O–H groups in total. The van der Waals surface area contributed by atoms with Crippen LogP contribution in [0.2, 0.25) is 0 Å². The van der Waals surface area contributed by atoms with Gasteiger partial charge in [0.05, 0.1) is 11.8 Å². The monoisotopic (exact) mass is 347 g/mol. The zero-order chi connectivity index (χ0) is 18.4. The lowest BCUT2D eigenvalue weighted by Gasteiger charge is -2.32. The van der Waals surface area contributed by atoms with Crippen LogP contribution in [0.1, 0.15) is 37.0 Å². The average molecular weight is 347 g/mol. The van der Waals surface area contributed by atoms with Crippen LogP contribution in [0.5, 0.6) is 0 Å². The Morgan fingerprint density at radius 1 is 1.08 bits per heavy atom. The third-order valence-corrected chi connectivity index (χ3v) is 5.67. The van der Waals surface area contributed by atoms with Crippen LogP contribution in [0.25, 0.3) is 0 Å². The predicted molar refractivity (Wildman–Crippen MR) is 88.4 cm³/mol. The molecule has 1 aromatic rings. The fourth-order valence-electron chi connectivity index (χ4n) is 3.97. The fraction of sp³-hybridized carbons (Fsp3) is 0.526. The molecule has 2 aliphatic rings. The molecular formula is C19H22FNO4. The van der Waals surface area contributed by atoms with Gasteiger partial charge in [0.2, 0.25) is 5.91 Å². The number of carbonyl (C=O) groups is 3. The van der Waals surface area contributed by atoms with Crippen molar-refractivity contribution in [3.63, 3.8) is 0 Å². The first-order chi connectivity index (χ1) is 11.7. The molecule has 1 heterocycles. The van der Waals surface area contributed by atoms with Gasteiger partial charge in [-0.3, -0.25) is 14.4 Å². The summed E-state index contributed by atoms with van der Waals surface area (Å²) < 4.78 is 13.0. The number of halogens is 1. The van der Waals surface area contributed by atoms with Crippen LogP contribution < -0.4 is 0 Å². The fourth-order valence-corrected chi connectivity index (χ4v) is 3.97. The van der Waals surface area contributed by atoms with Gasteiger partial charge in [-0.05, 0) is 42.5 Å². The second-order valence-corrected chi connectivity index (χ2v) is 7.59. The molecule has 134 valence electrons. The number of benzene rings is 1. The number of aliphatic carboxylic acids is 1. The molecule has 0 aromatic heterocycles. The molecule has 0 unspecified atom stereocenters. The Labute approximate surface area is 145 Å². The number of Topliss-reactive ketones (excluding diaryl/α,β-unsaturated/α-hetero) is 1. The molecule has 5 nitrogen and oxygen atoms in total. The molecule has 0 bridgehead atoms. The summed E-state index contributed by atoms with van der Waals surface area (Å²) in [7, 11) is 0. The average Bonchev–Trinajstić information content (AvgIpc) is 3.17. The Hall–Kier alpha value is -2.24. The number of carboxylic acid groups (broad SMARTS) is 1. The molecule has 1 aromatic carbocycles. The Kier molecular flexibility index (Phi) is 4.39. The van der Waals surface area contributed by atoms with Gasteiger partial charge in [-0.1, -0.05) is 13.8 Å². The lowest BCUT2D eigenvalue weighted by Crippen LogP contribution is -2.41. The molecule has 1 amide bonds. The van der Waals surface area contributed by atoms with E-state index in [2.05, 4.69) is 0 Å². The molecule has 2 fully saturated rings. The minimum Gasteiger partial charge on any atom is -0.481 e. The number of carboxylic acids is 1. The van der Waals surface area contributed by atoms with Crippen molar-refractivity contribution in [1.82, 2.24) is 4.90 Å². The lowest BCUT2D eigenvalue weighted by atomic mass is 9.88. The number of nitrogens with zero attached hydrogens (tertiary/aromatic N) is 1. The Balaban J connectivity index is 1.59. The second-order valence-electron chi connectivity index (χ2n) is 7.59. The van der Waals surface area contributed by atoms with Gasteiger partial charge < -0.3 is 10.0 Å². The van der Waals surface area contributed by atoms with E-state index in [0.29, 0.717) is 31.5 Å². The molecule has 1 saturated heterocycles. The second kappa shape index (κ2) is 6.24. The molecular weight excluding hydrogens is 325 g/mol. The lowest BCUT2D eigenvalue weighted by molar-refractivity contribution is -0.142. The van der Waals surface area contributed by atoms with E-state index in [1.165, 1.54) is 24.3 Å². The highest BCUT2D eigenvalue weighted by atomic mass is 19.1. The molecule has 3 rings (SSSR count). The third-order valence-electron chi connectivity index (χ3n) is 5.67. The van der Waals surface area contributed by atoms with Crippen molar-refractivity contribution in [1.29, 1.82) is 0 Å². The first-order valence-electron chi connectivity index (χ1n) is 8.55. The van der Waals surface area contributed by atoms with Crippen LogP contribution >= 0.6 is 0 Å². The summed E-state index contributed by atoms with van der Waals surface area (Å²) in [5.41, 5.74) is -0.0237. The topological polar surface area (TPSA) is 74.7 Å². The highest BCUT2D eigenvalue weighted by Crippen LogP contribution is 2.59. The molecule has 25 heavy (non-hydrogen) atoms. The third kappa shape index (κ3) is 3.17. The van der Waals surface area contributed by atoms with Gasteiger partial charge in [0.25, 0.3) is 0 Å². The summed E-state index contributed by atoms with van der Waals surface area (Å²) in [6.45, 7) is 4.52. The van der Waals surface area contributed by atoms with Crippen molar-refractivity contribution in [2.75, 3.05) is 13.1 Å². The van der Waals surface area contributed by atoms with Gasteiger partial charge in [-0.25, -0.2) is 4.39 Å². The number of carbonyl (C=O) groups excluding carboxylic acids is 2. The van der Waals surface area contributed by atoms with Crippen molar-refractivity contribution in [2.24, 2.45) is 23.2 Å². The van der Waals surface area contributed by atoms with Gasteiger partial charge in [0, 0.05) is 24.6 Å². The van der Waals surface area contributed by atoms with Gasteiger partial charge in [0.15, 0.2) is 5.78 Å². The normalized spacial score (nSPS) is 25.5. The van der Waals surface area contributed by atoms with E-state index in [0.717, 1.165) is 0 Å². The molecule has 1 saturated carbocycles. The van der Waals surface area contributed by atoms with E-state index in [-0.39, 0.29) is 23.4 Å². The Morgan fingerprint density at radius 2 is 1.64 bits per heavy atom. The standard InChI is InChI=1S/C19H22FNO4/c1-19(2)14(15(19)18(24)25)17(23)21-9-7-12(8-10-21)16(22)11-3-5-13(20)6-4-11/h3-6,12,14-15H,7-10H2,1-2H3,(H,24,25)/t14-,15+/m1/s1. The molecule has 2 atom stereocenters. The van der Waals surface area contributed by atoms with Crippen LogP contribution in [-0.2, 0) is 9.59 Å². The maximum Gasteiger partial charge on any atom is 0.307 e. The van der Waals surface area contributed by atoms with Gasteiger partial charge in [-0.2, -0.15) is 0 Å². The van der Waals surface area contributed by atoms with Crippen molar-refractivity contribution in [3.05, 3.63) is 35.6 Å². The maximum atomic E-state index is 13.0. The molecule has 6 heteroatoms. The zero-order valence-electron chi connectivity index (χ0n) is 14.4. The Morgan fingerprint density at radius 3 is 2.12 bits per heavy atom. The van der Waals surface area contributed by atoms with Crippen LogP contribution in [0.3, 0.4) is 0 Å². The molecule has 0 radical (unpaired) electrons. The van der Waals surface area contributed by atoms with Crippen LogP contribution in [0.4, 0.5) is 4.39 Å². The minimum atomic E-state index is -0.926. The van der Waals surface area contributed by atoms with E-state index in [4.69, 9.17) is 0 Å². The highest BCUT2D eigenvalue weighted by molar-refractivity contribution is 5.98. The predicted octanol–water partition coefficient (Wildman–Crippen LogP) is 2.60. The van der Waals surface area contributed by atoms with E-state index in [1.807, 2.05) is 0 Å². The number of piperidine rings is 1. The van der Waals surface area contributed by atoms with Crippen molar-refractivity contribution >= 4 is 17.7 Å². The summed E-state index contributed by atoms with van der Waals surface area (Å²) in [6.07, 6.45) is 1.10. The van der Waals surface area contributed by atoms with Gasteiger partial charge in [0.1, 0.15) is 5.82 Å². The maximum absolute atomic E-state index is 13.0. The first-order valence-corrected chi connectivity index (χ1v) is 8.55. The van der Waals surface area contributed by atoms with E-state index < -0.39 is 23.2 Å². The summed E-state index contributed by atoms with van der Waals surface area (Å²) in [6, 6.07) is 5.51. The van der Waals surface area contributed by atoms with E-state index in [9.17, 15) is 23.9 Å². The SMILES string of the molecule is CC1(C)[C@H](C(=O)O)[C@@H]1C(=O)N1CCC(C(=O)c2ccc(F)cc2)CC1. The van der Waals surface area contributed by atoms with Crippen molar-refractivity contribution < 1.29 is 23.9 Å². The summed E-state index contributed by atoms with van der Waals surface area (Å²) in [4.78, 5) is 38.0. The van der Waals surface area contributed by atoms with Gasteiger partial charge in [-0.15, -0.1) is 0 Å². The van der Waals surface area contributed by atoms with Crippen LogP contribution in [0, 0.1) is 29.0 Å². The smallest absolute Gasteiger partial charge is 0.307 e. The van der Waals surface area contributed by atoms with Gasteiger partial charge >= 0.3 is 5.97 Å². The number of hydrogen-bond acceptors (Lipinski definition) is 3. The Bertz CT molecular complexity index is 705. The summed E-state index contributed by atoms with van der Waals surface area (Å²) in [5.74, 6) is -2.74. The first kappa shape index (κ1) is 17.6. The van der Waals surface area contributed by atoms with Crippen molar-refractivity contribution in [2.45, 2.75) is 26.7 Å². The number of amides is 1. The molecule has 1 aliphatic carbocycles.